The lowest BCUT2D eigenvalue weighted by atomic mass is 9.93. The molecule has 2 aliphatic heterocycles. The molecule has 53 heavy (non-hydrogen) atoms. The molecule has 20 heteroatoms. The van der Waals surface area contributed by atoms with Crippen LogP contribution in [0.5, 0.6) is 0 Å². The van der Waals surface area contributed by atoms with Crippen LogP contribution in [-0.2, 0) is 34.3 Å². The Hall–Kier alpha value is -5.59. The molecule has 2 aliphatic rings. The van der Waals surface area contributed by atoms with Gasteiger partial charge in [0.2, 0.25) is 11.9 Å². The molecule has 0 atom stereocenters. The number of pyridine rings is 1. The second kappa shape index (κ2) is 16.0. The van der Waals surface area contributed by atoms with Crippen molar-refractivity contribution >= 4 is 63.8 Å². The van der Waals surface area contributed by atoms with Crippen molar-refractivity contribution in [3.05, 3.63) is 77.2 Å². The molecule has 1 saturated heterocycles. The second-order valence-corrected chi connectivity index (χ2v) is 12.5. The standard InChI is InChI=1S/C29H30ClN9O2.C4F6O2/c1-38-17-32-16-25(38)28(41)39-8-6-18(7-9-39)11-26(40)36-24-5-4-21-12-20(24)3-2-19-10-22(14-31-13-19)35-29-33-15-23(30)27(34-21)37-29;5-3(6,7)1(11)2(12)4(8,9)10/h4-5,10,12-18H,2-3,6-9,11H2,1H3,(H,36,40)(H2,33,34,35,37);. The molecule has 1 fully saturated rings. The van der Waals surface area contributed by atoms with E-state index in [0.29, 0.717) is 48.4 Å². The third-order valence-electron chi connectivity index (χ3n) is 8.25. The first kappa shape index (κ1) is 38.6. The number of benzene rings is 1. The van der Waals surface area contributed by atoms with Gasteiger partial charge in [-0.05, 0) is 67.0 Å². The fraction of sp³-hybridized carbons (Fsp3) is 0.333. The van der Waals surface area contributed by atoms with Gasteiger partial charge in [-0.2, -0.15) is 31.3 Å². The lowest BCUT2D eigenvalue weighted by Crippen LogP contribution is -2.39. The number of halogens is 7. The first-order chi connectivity index (χ1) is 25.0. The molecule has 0 aliphatic carbocycles. The Balaban J connectivity index is 0.000000390. The fourth-order valence-corrected chi connectivity index (χ4v) is 5.68. The van der Waals surface area contributed by atoms with Gasteiger partial charge in [-0.25, -0.2) is 9.97 Å². The molecule has 3 aromatic heterocycles. The number of nitrogens with zero attached hydrogens (tertiary/aromatic N) is 6. The Morgan fingerprint density at radius 1 is 0.887 bits per heavy atom. The summed E-state index contributed by atoms with van der Waals surface area (Å²) in [6.45, 7) is 1.26. The number of Topliss-reactive ketones (excluding diaryl/α,β-unsaturated/α-hetero) is 2. The van der Waals surface area contributed by atoms with E-state index >= 15 is 0 Å². The Morgan fingerprint density at radius 3 is 2.23 bits per heavy atom. The molecule has 1 aromatic carbocycles. The van der Waals surface area contributed by atoms with Crippen LogP contribution in [0.15, 0.2) is 55.4 Å². The van der Waals surface area contributed by atoms with E-state index in [1.54, 1.807) is 29.5 Å². The van der Waals surface area contributed by atoms with Crippen LogP contribution < -0.4 is 16.0 Å². The zero-order valence-electron chi connectivity index (χ0n) is 27.7. The number of aryl methyl sites for hydroxylation is 3. The molecular formula is C33H30ClF6N9O4. The molecule has 6 bridgehead atoms. The summed E-state index contributed by atoms with van der Waals surface area (Å²) < 4.78 is 68.7. The van der Waals surface area contributed by atoms with E-state index in [0.717, 1.165) is 47.5 Å². The number of anilines is 5. The van der Waals surface area contributed by atoms with Crippen LogP contribution >= 0.6 is 11.6 Å². The van der Waals surface area contributed by atoms with Crippen LogP contribution in [-0.4, -0.2) is 78.2 Å². The third-order valence-corrected chi connectivity index (χ3v) is 8.53. The summed E-state index contributed by atoms with van der Waals surface area (Å²) in [5.74, 6) is -5.76. The van der Waals surface area contributed by atoms with E-state index in [1.807, 2.05) is 42.4 Å². The molecule has 2 amide bonds. The fourth-order valence-electron chi connectivity index (χ4n) is 5.54. The van der Waals surface area contributed by atoms with E-state index < -0.39 is 23.9 Å². The lowest BCUT2D eigenvalue weighted by Gasteiger charge is -2.31. The predicted molar refractivity (Wildman–Crippen MR) is 179 cm³/mol. The summed E-state index contributed by atoms with van der Waals surface area (Å²) in [7, 11) is 1.82. The van der Waals surface area contributed by atoms with Crippen LogP contribution in [0.25, 0.3) is 0 Å². The number of likely N-dealkylation sites (tertiary alicyclic amines) is 1. The molecular weight excluding hydrogens is 736 g/mol. The molecule has 5 heterocycles. The van der Waals surface area contributed by atoms with Crippen molar-refractivity contribution in [3.8, 4) is 0 Å². The number of hydrogen-bond donors (Lipinski definition) is 3. The number of carbonyl (C=O) groups is 4. The maximum Gasteiger partial charge on any atom is 0.458 e. The molecule has 6 rings (SSSR count). The number of hydrogen-bond acceptors (Lipinski definition) is 10. The minimum Gasteiger partial charge on any atom is -0.339 e. The second-order valence-electron chi connectivity index (χ2n) is 12.1. The Bertz CT molecular complexity index is 1990. The van der Waals surface area contributed by atoms with Crippen LogP contribution in [0.4, 0.5) is 55.2 Å². The van der Waals surface area contributed by atoms with Crippen molar-refractivity contribution in [2.45, 2.75) is 44.5 Å². The van der Waals surface area contributed by atoms with E-state index in [1.165, 1.54) is 0 Å². The molecule has 3 N–H and O–H groups in total. The molecule has 0 radical (unpaired) electrons. The Morgan fingerprint density at radius 2 is 1.58 bits per heavy atom. The van der Waals surface area contributed by atoms with Crippen molar-refractivity contribution in [1.29, 1.82) is 0 Å². The minimum atomic E-state index is -5.77. The van der Waals surface area contributed by atoms with Crippen molar-refractivity contribution in [1.82, 2.24) is 29.4 Å². The first-order valence-corrected chi connectivity index (χ1v) is 16.3. The number of amides is 2. The van der Waals surface area contributed by atoms with Crippen LogP contribution in [0.1, 0.15) is 40.9 Å². The third kappa shape index (κ3) is 10.1. The van der Waals surface area contributed by atoms with Gasteiger partial charge in [0.05, 0.1) is 30.6 Å². The summed E-state index contributed by atoms with van der Waals surface area (Å²) in [6.07, 6.45) is 0.190. The number of imidazole rings is 1. The monoisotopic (exact) mass is 765 g/mol. The van der Waals surface area contributed by atoms with Gasteiger partial charge in [-0.1, -0.05) is 11.6 Å². The number of piperidine rings is 1. The number of carbonyl (C=O) groups excluding carboxylic acids is 4. The molecule has 0 spiro atoms. The molecule has 280 valence electrons. The summed E-state index contributed by atoms with van der Waals surface area (Å²) in [5.41, 5.74) is 4.97. The number of alkyl halides is 6. The van der Waals surface area contributed by atoms with Crippen LogP contribution in [0.3, 0.4) is 0 Å². The highest BCUT2D eigenvalue weighted by Gasteiger charge is 2.54. The zero-order chi connectivity index (χ0) is 38.5. The summed E-state index contributed by atoms with van der Waals surface area (Å²) in [6, 6.07) is 7.84. The maximum absolute atomic E-state index is 13.2. The average molecular weight is 766 g/mol. The SMILES string of the molecule is Cn1cncc1C(=O)N1CCC(CC(=O)Nc2ccc3cc2CCc2cncc(c2)Nc2ncc(Cl)c(n2)N3)CC1.O=C(C(=O)C(F)(F)F)C(F)(F)F. The van der Waals surface area contributed by atoms with Gasteiger partial charge in [-0.15, -0.1) is 0 Å². The Labute approximate surface area is 302 Å². The van der Waals surface area contributed by atoms with Gasteiger partial charge in [0, 0.05) is 44.1 Å². The number of rotatable bonds is 5. The summed E-state index contributed by atoms with van der Waals surface area (Å²) >= 11 is 6.37. The van der Waals surface area contributed by atoms with E-state index in [-0.39, 0.29) is 17.7 Å². The highest BCUT2D eigenvalue weighted by atomic mass is 35.5. The zero-order valence-corrected chi connectivity index (χ0v) is 28.4. The predicted octanol–water partition coefficient (Wildman–Crippen LogP) is 5.97. The number of ketones is 2. The molecule has 0 saturated carbocycles. The van der Waals surface area contributed by atoms with Gasteiger partial charge >= 0.3 is 23.9 Å². The highest BCUT2D eigenvalue weighted by Crippen LogP contribution is 2.30. The molecule has 0 unspecified atom stereocenters. The number of nitrogens with one attached hydrogen (secondary N) is 3. The quantitative estimate of drug-likeness (QED) is 0.163. The van der Waals surface area contributed by atoms with Gasteiger partial charge in [-0.3, -0.25) is 24.2 Å². The average Bonchev–Trinajstić information content (AvgIpc) is 3.54. The summed E-state index contributed by atoms with van der Waals surface area (Å²) in [4.78, 5) is 64.2. The molecule has 4 aromatic rings. The number of fused-ring (bicyclic) bond motifs is 6. The van der Waals surface area contributed by atoms with Crippen LogP contribution in [0, 0.1) is 5.92 Å². The first-order valence-electron chi connectivity index (χ1n) is 15.9. The van der Waals surface area contributed by atoms with E-state index in [4.69, 9.17) is 11.6 Å². The lowest BCUT2D eigenvalue weighted by molar-refractivity contribution is -0.193. The highest BCUT2D eigenvalue weighted by molar-refractivity contribution is 6.41. The normalized spacial score (nSPS) is 14.5. The van der Waals surface area contributed by atoms with E-state index in [9.17, 15) is 45.5 Å². The van der Waals surface area contributed by atoms with Crippen LogP contribution in [0.2, 0.25) is 5.02 Å². The van der Waals surface area contributed by atoms with Crippen molar-refractivity contribution in [2.24, 2.45) is 13.0 Å². The van der Waals surface area contributed by atoms with Gasteiger partial charge < -0.3 is 25.4 Å². The summed E-state index contributed by atoms with van der Waals surface area (Å²) in [5, 5.41) is 10.0. The topological polar surface area (TPSA) is 164 Å². The van der Waals surface area contributed by atoms with Gasteiger partial charge in [0.15, 0.2) is 5.82 Å². The molecule has 13 nitrogen and oxygen atoms in total. The Kier molecular flexibility index (Phi) is 11.6. The van der Waals surface area contributed by atoms with Crippen molar-refractivity contribution in [2.75, 3.05) is 29.0 Å². The van der Waals surface area contributed by atoms with Gasteiger partial charge in [0.25, 0.3) is 5.91 Å². The smallest absolute Gasteiger partial charge is 0.339 e. The number of aromatic nitrogens is 5. The van der Waals surface area contributed by atoms with Crippen molar-refractivity contribution < 1.29 is 45.5 Å². The van der Waals surface area contributed by atoms with Gasteiger partial charge in [0.1, 0.15) is 10.7 Å². The van der Waals surface area contributed by atoms with Crippen molar-refractivity contribution in [3.63, 3.8) is 0 Å². The van der Waals surface area contributed by atoms with E-state index in [2.05, 4.69) is 35.9 Å². The largest absolute Gasteiger partial charge is 0.458 e. The minimum absolute atomic E-state index is 0.0161. The maximum atomic E-state index is 13.2.